The molecular formula is C19H17ClFN3O2S. The maximum absolute atomic E-state index is 13.9. The van der Waals surface area contributed by atoms with E-state index in [0.717, 1.165) is 30.8 Å². The summed E-state index contributed by atoms with van der Waals surface area (Å²) in [5, 5.41) is 0.444. The molecule has 0 bridgehead atoms. The summed E-state index contributed by atoms with van der Waals surface area (Å²) < 4.78 is 15.3. The highest BCUT2D eigenvalue weighted by atomic mass is 35.5. The van der Waals surface area contributed by atoms with Crippen molar-refractivity contribution in [1.29, 1.82) is 0 Å². The number of halogens is 2. The predicted molar refractivity (Wildman–Crippen MR) is 105 cm³/mol. The quantitative estimate of drug-likeness (QED) is 0.665. The number of hydrogen-bond acceptors (Lipinski definition) is 4. The van der Waals surface area contributed by atoms with Gasteiger partial charge >= 0.3 is 0 Å². The molecule has 0 aliphatic carbocycles. The minimum absolute atomic E-state index is 0.0306. The van der Waals surface area contributed by atoms with E-state index in [2.05, 4.69) is 4.98 Å². The summed E-state index contributed by atoms with van der Waals surface area (Å²) >= 11 is 7.16. The molecule has 3 heterocycles. The molecule has 1 fully saturated rings. The normalized spacial score (nSPS) is 14.3. The molecule has 5 nitrogen and oxygen atoms in total. The lowest BCUT2D eigenvalue weighted by atomic mass is 10.1. The molecule has 0 saturated carbocycles. The highest BCUT2D eigenvalue weighted by Gasteiger charge is 2.21. The molecule has 1 aromatic carbocycles. The number of amides is 1. The number of carbonyl (C=O) groups is 1. The molecule has 1 saturated heterocycles. The van der Waals surface area contributed by atoms with E-state index in [9.17, 15) is 14.0 Å². The molecular weight excluding hydrogens is 389 g/mol. The molecule has 8 heteroatoms. The fraction of sp³-hybridized carbons (Fsp3) is 0.316. The van der Waals surface area contributed by atoms with Gasteiger partial charge in [0.05, 0.1) is 22.3 Å². The fourth-order valence-corrected chi connectivity index (χ4v) is 4.58. The summed E-state index contributed by atoms with van der Waals surface area (Å²) in [5.41, 5.74) is 0.866. The van der Waals surface area contributed by atoms with Crippen molar-refractivity contribution in [1.82, 2.24) is 14.5 Å². The van der Waals surface area contributed by atoms with Crippen LogP contribution in [0.1, 0.15) is 17.7 Å². The van der Waals surface area contributed by atoms with E-state index in [4.69, 9.17) is 11.6 Å². The highest BCUT2D eigenvalue weighted by molar-refractivity contribution is 7.17. The molecule has 4 rings (SSSR count). The molecule has 1 aliphatic heterocycles. The van der Waals surface area contributed by atoms with Crippen molar-refractivity contribution < 1.29 is 9.18 Å². The summed E-state index contributed by atoms with van der Waals surface area (Å²) in [5.74, 6) is -0.622. The average Bonchev–Trinajstić information content (AvgIpc) is 3.28. The first-order valence-corrected chi connectivity index (χ1v) is 9.87. The van der Waals surface area contributed by atoms with E-state index in [1.54, 1.807) is 11.0 Å². The smallest absolute Gasteiger partial charge is 0.263 e. The van der Waals surface area contributed by atoms with Crippen molar-refractivity contribution in [3.8, 4) is 10.4 Å². The third kappa shape index (κ3) is 3.26. The summed E-state index contributed by atoms with van der Waals surface area (Å²) in [6, 6.07) is 4.47. The Labute approximate surface area is 164 Å². The molecule has 140 valence electrons. The van der Waals surface area contributed by atoms with Crippen LogP contribution < -0.4 is 5.56 Å². The van der Waals surface area contributed by atoms with Gasteiger partial charge in [0.15, 0.2) is 0 Å². The Kier molecular flexibility index (Phi) is 4.74. The van der Waals surface area contributed by atoms with Crippen molar-refractivity contribution in [2.45, 2.75) is 26.3 Å². The largest absolute Gasteiger partial charge is 0.341 e. The SMILES string of the molecule is Cc1sc(-c2ccc(Cl)c(F)c2)c2c(=O)n(CC(=O)N3CCCC3)cnc12. The van der Waals surface area contributed by atoms with E-state index < -0.39 is 5.82 Å². The van der Waals surface area contributed by atoms with Gasteiger partial charge in [-0.15, -0.1) is 11.3 Å². The number of aromatic nitrogens is 2. The third-order valence-electron chi connectivity index (χ3n) is 4.80. The molecule has 3 aromatic rings. The number of aryl methyl sites for hydroxylation is 1. The second-order valence-electron chi connectivity index (χ2n) is 6.61. The van der Waals surface area contributed by atoms with Crippen LogP contribution in [0.25, 0.3) is 21.3 Å². The number of rotatable bonds is 3. The van der Waals surface area contributed by atoms with Gasteiger partial charge in [0.1, 0.15) is 12.4 Å². The molecule has 0 radical (unpaired) electrons. The number of thiophene rings is 1. The Hall–Kier alpha value is -2.25. The van der Waals surface area contributed by atoms with Gasteiger partial charge in [0.2, 0.25) is 5.91 Å². The zero-order valence-electron chi connectivity index (χ0n) is 14.7. The summed E-state index contributed by atoms with van der Waals surface area (Å²) in [6.45, 7) is 3.30. The highest BCUT2D eigenvalue weighted by Crippen LogP contribution is 2.36. The van der Waals surface area contributed by atoms with Crippen LogP contribution in [-0.2, 0) is 11.3 Å². The van der Waals surface area contributed by atoms with E-state index in [1.807, 2.05) is 6.92 Å². The zero-order valence-corrected chi connectivity index (χ0v) is 16.2. The van der Waals surface area contributed by atoms with Crippen molar-refractivity contribution in [3.05, 3.63) is 50.6 Å². The maximum atomic E-state index is 13.9. The first kappa shape index (κ1) is 18.1. The minimum Gasteiger partial charge on any atom is -0.341 e. The maximum Gasteiger partial charge on any atom is 0.263 e. The topological polar surface area (TPSA) is 55.2 Å². The Morgan fingerprint density at radius 2 is 2.07 bits per heavy atom. The van der Waals surface area contributed by atoms with Crippen molar-refractivity contribution in [3.63, 3.8) is 0 Å². The van der Waals surface area contributed by atoms with Crippen LogP contribution in [0.5, 0.6) is 0 Å². The number of benzene rings is 1. The second kappa shape index (κ2) is 7.05. The number of hydrogen-bond donors (Lipinski definition) is 0. The van der Waals surface area contributed by atoms with Crippen molar-refractivity contribution in [2.24, 2.45) is 0 Å². The van der Waals surface area contributed by atoms with Gasteiger partial charge < -0.3 is 4.90 Å². The fourth-order valence-electron chi connectivity index (χ4n) is 3.38. The molecule has 2 aromatic heterocycles. The van der Waals surface area contributed by atoms with Crippen LogP contribution in [-0.4, -0.2) is 33.4 Å². The molecule has 0 N–H and O–H groups in total. The third-order valence-corrected chi connectivity index (χ3v) is 6.25. The van der Waals surface area contributed by atoms with Gasteiger partial charge in [-0.2, -0.15) is 0 Å². The van der Waals surface area contributed by atoms with Crippen LogP contribution in [0.2, 0.25) is 5.02 Å². The van der Waals surface area contributed by atoms with E-state index in [0.29, 0.717) is 21.3 Å². The molecule has 0 atom stereocenters. The molecule has 0 unspecified atom stereocenters. The Balaban J connectivity index is 1.80. The lowest BCUT2D eigenvalue weighted by Gasteiger charge is -2.15. The molecule has 0 spiro atoms. The van der Waals surface area contributed by atoms with Gasteiger partial charge in [-0.05, 0) is 37.5 Å². The van der Waals surface area contributed by atoms with E-state index in [1.165, 1.54) is 34.4 Å². The van der Waals surface area contributed by atoms with Crippen LogP contribution in [0, 0.1) is 12.7 Å². The number of fused-ring (bicyclic) bond motifs is 1. The van der Waals surface area contributed by atoms with Crippen LogP contribution >= 0.6 is 22.9 Å². The summed E-state index contributed by atoms with van der Waals surface area (Å²) in [7, 11) is 0. The first-order valence-electron chi connectivity index (χ1n) is 8.67. The van der Waals surface area contributed by atoms with Gasteiger partial charge in [0.25, 0.3) is 5.56 Å². The second-order valence-corrected chi connectivity index (χ2v) is 8.24. The number of carbonyl (C=O) groups excluding carboxylic acids is 1. The van der Waals surface area contributed by atoms with E-state index >= 15 is 0 Å². The average molecular weight is 406 g/mol. The summed E-state index contributed by atoms with van der Waals surface area (Å²) in [4.78, 5) is 33.2. The monoisotopic (exact) mass is 405 g/mol. The van der Waals surface area contributed by atoms with Gasteiger partial charge in [-0.1, -0.05) is 17.7 Å². The van der Waals surface area contributed by atoms with Gasteiger partial charge in [-0.3, -0.25) is 14.2 Å². The number of nitrogens with zero attached hydrogens (tertiary/aromatic N) is 3. The summed E-state index contributed by atoms with van der Waals surface area (Å²) in [6.07, 6.45) is 3.41. The van der Waals surface area contributed by atoms with Crippen LogP contribution in [0.3, 0.4) is 0 Å². The Morgan fingerprint density at radius 1 is 1.33 bits per heavy atom. The van der Waals surface area contributed by atoms with Crippen molar-refractivity contribution >= 4 is 39.7 Å². The minimum atomic E-state index is -0.540. The standard InChI is InChI=1S/C19H17ClFN3O2S/c1-11-17-16(18(27-11)12-4-5-13(20)14(21)8-12)19(26)24(10-22-17)9-15(25)23-6-2-3-7-23/h4-5,8,10H,2-3,6-7,9H2,1H3. The number of likely N-dealkylation sites (tertiary alicyclic amines) is 1. The lowest BCUT2D eigenvalue weighted by Crippen LogP contribution is -2.34. The predicted octanol–water partition coefficient (Wildman–Crippen LogP) is 3.85. The Bertz CT molecular complexity index is 1100. The van der Waals surface area contributed by atoms with Gasteiger partial charge in [0, 0.05) is 22.8 Å². The zero-order chi connectivity index (χ0) is 19.1. The molecule has 1 amide bonds. The van der Waals surface area contributed by atoms with Crippen LogP contribution in [0.15, 0.2) is 29.3 Å². The van der Waals surface area contributed by atoms with Crippen molar-refractivity contribution in [2.75, 3.05) is 13.1 Å². The Morgan fingerprint density at radius 3 is 2.78 bits per heavy atom. The van der Waals surface area contributed by atoms with Gasteiger partial charge in [-0.25, -0.2) is 9.37 Å². The molecule has 1 aliphatic rings. The van der Waals surface area contributed by atoms with Crippen LogP contribution in [0.4, 0.5) is 4.39 Å². The first-order chi connectivity index (χ1) is 13.0. The lowest BCUT2D eigenvalue weighted by molar-refractivity contribution is -0.130. The van der Waals surface area contributed by atoms with E-state index in [-0.39, 0.29) is 23.0 Å². The molecule has 27 heavy (non-hydrogen) atoms.